The lowest BCUT2D eigenvalue weighted by Gasteiger charge is -2.23. The normalized spacial score (nSPS) is 15.0. The molecule has 5 rings (SSSR count). The Morgan fingerprint density at radius 2 is 2.03 bits per heavy atom. The highest BCUT2D eigenvalue weighted by Gasteiger charge is 2.22. The molecule has 1 atom stereocenters. The van der Waals surface area contributed by atoms with E-state index in [1.165, 1.54) is 12.3 Å². The molecule has 0 saturated carbocycles. The minimum Gasteiger partial charge on any atom is -0.495 e. The molecule has 0 spiro atoms. The number of anilines is 1. The molecule has 1 aliphatic heterocycles. The fraction of sp³-hybridized carbons (Fsp3) is 0.320. The fourth-order valence-corrected chi connectivity index (χ4v) is 4.13. The van der Waals surface area contributed by atoms with Crippen molar-refractivity contribution in [1.82, 2.24) is 30.0 Å². The molecule has 0 bridgehead atoms. The fourth-order valence-electron chi connectivity index (χ4n) is 4.13. The average Bonchev–Trinajstić information content (AvgIpc) is 3.33. The summed E-state index contributed by atoms with van der Waals surface area (Å²) in [6.07, 6.45) is 8.13. The summed E-state index contributed by atoms with van der Waals surface area (Å²) in [4.78, 5) is 26.4. The van der Waals surface area contributed by atoms with Crippen LogP contribution in [-0.2, 0) is 11.8 Å². The number of carbonyl (C=O) groups is 1. The molecule has 4 heterocycles. The van der Waals surface area contributed by atoms with E-state index >= 15 is 0 Å². The average molecular weight is 492 g/mol. The molecule has 1 amide bonds. The highest BCUT2D eigenvalue weighted by Crippen LogP contribution is 2.24. The van der Waals surface area contributed by atoms with Crippen LogP contribution in [0.15, 0.2) is 49.1 Å². The molecule has 0 aliphatic carbocycles. The summed E-state index contributed by atoms with van der Waals surface area (Å²) in [5.74, 6) is -0.0610. The molecule has 1 aromatic carbocycles. The van der Waals surface area contributed by atoms with Crippen LogP contribution < -0.4 is 15.4 Å². The summed E-state index contributed by atoms with van der Waals surface area (Å²) >= 11 is 0. The Balaban J connectivity index is 1.43. The lowest BCUT2D eigenvalue weighted by atomic mass is 10.1. The number of aryl methyl sites for hydroxylation is 1. The summed E-state index contributed by atoms with van der Waals surface area (Å²) in [6.45, 7) is 1.34. The van der Waals surface area contributed by atoms with E-state index in [9.17, 15) is 9.18 Å². The van der Waals surface area contributed by atoms with E-state index < -0.39 is 17.8 Å². The molecular weight excluding hydrogens is 465 g/mol. The van der Waals surface area contributed by atoms with Crippen LogP contribution in [0.3, 0.4) is 0 Å². The van der Waals surface area contributed by atoms with E-state index in [1.54, 1.807) is 55.6 Å². The van der Waals surface area contributed by atoms with E-state index in [-0.39, 0.29) is 17.0 Å². The second-order valence-electron chi connectivity index (χ2n) is 8.59. The van der Waals surface area contributed by atoms with Gasteiger partial charge in [0, 0.05) is 49.8 Å². The van der Waals surface area contributed by atoms with Gasteiger partial charge >= 0.3 is 0 Å². The van der Waals surface area contributed by atoms with Gasteiger partial charge < -0.3 is 20.1 Å². The molecule has 1 saturated heterocycles. The molecule has 1 fully saturated rings. The van der Waals surface area contributed by atoms with Gasteiger partial charge in [-0.1, -0.05) is 0 Å². The molecule has 186 valence electrons. The summed E-state index contributed by atoms with van der Waals surface area (Å²) in [7, 11) is 3.34. The Hall–Kier alpha value is -4.12. The summed E-state index contributed by atoms with van der Waals surface area (Å²) in [5, 5.41) is 10.7. The lowest BCUT2D eigenvalue weighted by molar-refractivity contribution is 0.0903. The predicted octanol–water partition coefficient (Wildman–Crippen LogP) is 3.02. The van der Waals surface area contributed by atoms with Crippen molar-refractivity contribution in [3.63, 3.8) is 0 Å². The van der Waals surface area contributed by atoms with Crippen LogP contribution in [0.1, 0.15) is 40.5 Å². The second kappa shape index (κ2) is 10.2. The number of ether oxygens (including phenoxy) is 2. The van der Waals surface area contributed by atoms with Crippen molar-refractivity contribution in [3.8, 4) is 5.75 Å². The van der Waals surface area contributed by atoms with Gasteiger partial charge in [0.15, 0.2) is 0 Å². The van der Waals surface area contributed by atoms with Crippen LogP contribution in [0.5, 0.6) is 5.75 Å². The first-order chi connectivity index (χ1) is 17.5. The van der Waals surface area contributed by atoms with Crippen LogP contribution in [0, 0.1) is 5.82 Å². The number of benzene rings is 1. The number of methoxy groups -OCH3 is 1. The number of amides is 1. The predicted molar refractivity (Wildman–Crippen MR) is 130 cm³/mol. The van der Waals surface area contributed by atoms with Gasteiger partial charge in [-0.05, 0) is 37.1 Å². The molecule has 0 radical (unpaired) electrons. The summed E-state index contributed by atoms with van der Waals surface area (Å²) in [5.41, 5.74) is 1.79. The SMILES string of the molecule is COc1ccc([C@H](NC(=O)c2cc(F)c3cnc(NC4CCOCC4)nc3c2)c2cnn(C)c2)nc1. The number of rotatable bonds is 7. The number of aromatic nitrogens is 5. The maximum absolute atomic E-state index is 14.9. The number of hydrogen-bond acceptors (Lipinski definition) is 8. The smallest absolute Gasteiger partial charge is 0.252 e. The standard InChI is InChI=1S/C25H26FN7O3/c1-33-14-16(11-29-33)23(21-4-3-18(35-2)12-27-21)32-24(34)15-9-20(26)19-13-28-25(31-22(19)10-15)30-17-5-7-36-8-6-17/h3-4,9-14,17,23H,5-8H2,1-2H3,(H,32,34)(H,28,30,31)/t23-/m1/s1. The number of halogens is 1. The van der Waals surface area contributed by atoms with Crippen LogP contribution in [0.4, 0.5) is 10.3 Å². The zero-order chi connectivity index (χ0) is 25.1. The Kier molecular flexibility index (Phi) is 6.72. The minimum atomic E-state index is -0.605. The highest BCUT2D eigenvalue weighted by atomic mass is 19.1. The number of carbonyl (C=O) groups excluding carboxylic acids is 1. The third kappa shape index (κ3) is 5.10. The number of pyridine rings is 1. The lowest BCUT2D eigenvalue weighted by Crippen LogP contribution is -2.30. The number of nitrogens with zero attached hydrogens (tertiary/aromatic N) is 5. The van der Waals surface area contributed by atoms with E-state index in [2.05, 4.69) is 30.7 Å². The summed E-state index contributed by atoms with van der Waals surface area (Å²) in [6, 6.07) is 5.86. The Labute approximate surface area is 206 Å². The van der Waals surface area contributed by atoms with Crippen LogP contribution >= 0.6 is 0 Å². The molecule has 36 heavy (non-hydrogen) atoms. The molecule has 4 aromatic rings. The van der Waals surface area contributed by atoms with E-state index in [1.807, 2.05) is 0 Å². The van der Waals surface area contributed by atoms with Crippen molar-refractivity contribution in [2.45, 2.75) is 24.9 Å². The molecule has 2 N–H and O–H groups in total. The second-order valence-corrected chi connectivity index (χ2v) is 8.59. The highest BCUT2D eigenvalue weighted by molar-refractivity contribution is 5.98. The maximum Gasteiger partial charge on any atom is 0.252 e. The first-order valence-corrected chi connectivity index (χ1v) is 11.6. The number of nitrogens with one attached hydrogen (secondary N) is 2. The Morgan fingerprint density at radius 3 is 2.72 bits per heavy atom. The minimum absolute atomic E-state index is 0.137. The topological polar surface area (TPSA) is 116 Å². The molecule has 1 aliphatic rings. The van der Waals surface area contributed by atoms with E-state index in [4.69, 9.17) is 9.47 Å². The van der Waals surface area contributed by atoms with Gasteiger partial charge in [0.05, 0.1) is 42.1 Å². The third-order valence-electron chi connectivity index (χ3n) is 6.09. The quantitative estimate of drug-likeness (QED) is 0.405. The Morgan fingerprint density at radius 1 is 1.19 bits per heavy atom. The largest absolute Gasteiger partial charge is 0.495 e. The zero-order valence-corrected chi connectivity index (χ0v) is 19.9. The van der Waals surface area contributed by atoms with Crippen molar-refractivity contribution < 1.29 is 18.7 Å². The molecule has 11 heteroatoms. The molecular formula is C25H26FN7O3. The van der Waals surface area contributed by atoms with Crippen molar-refractivity contribution in [2.75, 3.05) is 25.6 Å². The van der Waals surface area contributed by atoms with Gasteiger partial charge in [0.2, 0.25) is 5.95 Å². The van der Waals surface area contributed by atoms with E-state index in [0.29, 0.717) is 36.1 Å². The molecule has 10 nitrogen and oxygen atoms in total. The van der Waals surface area contributed by atoms with Gasteiger partial charge in [-0.3, -0.25) is 14.5 Å². The first-order valence-electron chi connectivity index (χ1n) is 11.6. The van der Waals surface area contributed by atoms with Crippen LogP contribution in [-0.4, -0.2) is 57.0 Å². The van der Waals surface area contributed by atoms with Crippen molar-refractivity contribution in [3.05, 3.63) is 71.7 Å². The van der Waals surface area contributed by atoms with Crippen LogP contribution in [0.2, 0.25) is 0 Å². The van der Waals surface area contributed by atoms with Gasteiger partial charge in [-0.15, -0.1) is 0 Å². The van der Waals surface area contributed by atoms with Gasteiger partial charge in [0.25, 0.3) is 5.91 Å². The number of fused-ring (bicyclic) bond motifs is 1. The van der Waals surface area contributed by atoms with Crippen molar-refractivity contribution in [1.29, 1.82) is 0 Å². The zero-order valence-electron chi connectivity index (χ0n) is 19.9. The Bertz CT molecular complexity index is 1370. The van der Waals surface area contributed by atoms with Crippen molar-refractivity contribution >= 4 is 22.8 Å². The maximum atomic E-state index is 14.9. The van der Waals surface area contributed by atoms with Gasteiger partial charge in [-0.2, -0.15) is 5.10 Å². The first kappa shape index (κ1) is 23.6. The number of hydrogen-bond donors (Lipinski definition) is 2. The summed E-state index contributed by atoms with van der Waals surface area (Å²) < 4.78 is 27.1. The van der Waals surface area contributed by atoms with E-state index in [0.717, 1.165) is 18.4 Å². The molecule has 0 unspecified atom stereocenters. The van der Waals surface area contributed by atoms with Gasteiger partial charge in [0.1, 0.15) is 11.6 Å². The third-order valence-corrected chi connectivity index (χ3v) is 6.09. The van der Waals surface area contributed by atoms with Gasteiger partial charge in [-0.25, -0.2) is 14.4 Å². The van der Waals surface area contributed by atoms with Crippen LogP contribution in [0.25, 0.3) is 10.9 Å². The van der Waals surface area contributed by atoms with Crippen molar-refractivity contribution in [2.24, 2.45) is 7.05 Å². The monoisotopic (exact) mass is 491 g/mol. The molecule has 3 aromatic heterocycles.